The largest absolute Gasteiger partial charge is 0.396 e. The molecule has 0 fully saturated rings. The molecule has 1 aromatic carbocycles. The maximum atomic E-state index is 13.2. The summed E-state index contributed by atoms with van der Waals surface area (Å²) >= 11 is 0. The SMILES string of the molecule is Cn1ncnc1NS(=O)(=O)c1ccc(N)c(F)c1. The van der Waals surface area contributed by atoms with Crippen LogP contribution in [0.5, 0.6) is 0 Å². The van der Waals surface area contributed by atoms with Crippen molar-refractivity contribution in [1.29, 1.82) is 0 Å². The summed E-state index contributed by atoms with van der Waals surface area (Å²) < 4.78 is 40.5. The molecule has 0 atom stereocenters. The molecule has 18 heavy (non-hydrogen) atoms. The van der Waals surface area contributed by atoms with Gasteiger partial charge in [0.15, 0.2) is 0 Å². The van der Waals surface area contributed by atoms with E-state index >= 15 is 0 Å². The second kappa shape index (κ2) is 4.26. The highest BCUT2D eigenvalue weighted by atomic mass is 32.2. The van der Waals surface area contributed by atoms with Gasteiger partial charge in [0, 0.05) is 7.05 Å². The van der Waals surface area contributed by atoms with Crippen molar-refractivity contribution in [2.75, 3.05) is 10.5 Å². The first kappa shape index (κ1) is 12.3. The Balaban J connectivity index is 2.37. The summed E-state index contributed by atoms with van der Waals surface area (Å²) in [5, 5.41) is 3.71. The highest BCUT2D eigenvalue weighted by Crippen LogP contribution is 2.18. The average Bonchev–Trinajstić information content (AvgIpc) is 2.67. The van der Waals surface area contributed by atoms with Gasteiger partial charge in [-0.2, -0.15) is 10.1 Å². The van der Waals surface area contributed by atoms with Gasteiger partial charge in [-0.25, -0.2) is 22.2 Å². The van der Waals surface area contributed by atoms with Crippen molar-refractivity contribution < 1.29 is 12.8 Å². The lowest BCUT2D eigenvalue weighted by molar-refractivity contribution is 0.595. The summed E-state index contributed by atoms with van der Waals surface area (Å²) in [6, 6.07) is 3.23. The number of hydrogen-bond acceptors (Lipinski definition) is 5. The number of hydrogen-bond donors (Lipinski definition) is 2. The monoisotopic (exact) mass is 271 g/mol. The van der Waals surface area contributed by atoms with Gasteiger partial charge in [-0.05, 0) is 18.2 Å². The van der Waals surface area contributed by atoms with Crippen LogP contribution < -0.4 is 10.5 Å². The number of nitrogens with zero attached hydrogens (tertiary/aromatic N) is 3. The number of rotatable bonds is 3. The molecule has 2 aromatic rings. The van der Waals surface area contributed by atoms with Gasteiger partial charge >= 0.3 is 0 Å². The van der Waals surface area contributed by atoms with Crippen LogP contribution in [0.2, 0.25) is 0 Å². The fraction of sp³-hybridized carbons (Fsp3) is 0.111. The molecular formula is C9H10FN5O2S. The Bertz CT molecular complexity index is 682. The lowest BCUT2D eigenvalue weighted by Gasteiger charge is -2.07. The van der Waals surface area contributed by atoms with Crippen molar-refractivity contribution in [2.24, 2.45) is 7.05 Å². The van der Waals surface area contributed by atoms with Crippen LogP contribution in [-0.2, 0) is 17.1 Å². The summed E-state index contributed by atoms with van der Waals surface area (Å²) in [6.07, 6.45) is 1.20. The molecule has 7 nitrogen and oxygen atoms in total. The number of sulfonamides is 1. The van der Waals surface area contributed by atoms with Crippen LogP contribution >= 0.6 is 0 Å². The number of nitrogen functional groups attached to an aromatic ring is 1. The summed E-state index contributed by atoms with van der Waals surface area (Å²) in [7, 11) is -2.39. The molecule has 0 unspecified atom stereocenters. The van der Waals surface area contributed by atoms with E-state index in [1.807, 2.05) is 0 Å². The molecule has 0 aliphatic carbocycles. The van der Waals surface area contributed by atoms with E-state index in [0.29, 0.717) is 0 Å². The van der Waals surface area contributed by atoms with Gasteiger partial charge in [0.1, 0.15) is 12.1 Å². The molecule has 0 aliphatic rings. The van der Waals surface area contributed by atoms with Gasteiger partial charge < -0.3 is 5.73 Å². The van der Waals surface area contributed by atoms with Crippen LogP contribution in [0.3, 0.4) is 0 Å². The molecule has 0 amide bonds. The van der Waals surface area contributed by atoms with E-state index < -0.39 is 15.8 Å². The van der Waals surface area contributed by atoms with E-state index in [9.17, 15) is 12.8 Å². The van der Waals surface area contributed by atoms with E-state index in [1.54, 1.807) is 0 Å². The van der Waals surface area contributed by atoms with Crippen molar-refractivity contribution >= 4 is 21.7 Å². The van der Waals surface area contributed by atoms with Gasteiger partial charge in [-0.15, -0.1) is 0 Å². The topological polar surface area (TPSA) is 103 Å². The Labute approximate surface area is 102 Å². The number of anilines is 2. The number of nitrogens with two attached hydrogens (primary N) is 1. The zero-order valence-electron chi connectivity index (χ0n) is 9.33. The molecule has 3 N–H and O–H groups in total. The van der Waals surface area contributed by atoms with E-state index in [-0.39, 0.29) is 16.5 Å². The van der Waals surface area contributed by atoms with Crippen LogP contribution in [0.1, 0.15) is 0 Å². The van der Waals surface area contributed by atoms with E-state index in [0.717, 1.165) is 6.07 Å². The second-order valence-corrected chi connectivity index (χ2v) is 5.18. The maximum absolute atomic E-state index is 13.2. The number of nitrogens with one attached hydrogen (secondary N) is 1. The molecular weight excluding hydrogens is 261 g/mol. The first-order valence-corrected chi connectivity index (χ1v) is 6.30. The molecule has 0 radical (unpaired) electrons. The summed E-state index contributed by atoms with van der Waals surface area (Å²) in [5.74, 6) is -0.761. The smallest absolute Gasteiger partial charge is 0.264 e. The quantitative estimate of drug-likeness (QED) is 0.783. The lowest BCUT2D eigenvalue weighted by Crippen LogP contribution is -2.16. The van der Waals surface area contributed by atoms with Crippen molar-refractivity contribution in [2.45, 2.75) is 4.90 Å². The molecule has 2 rings (SSSR count). The molecule has 0 aliphatic heterocycles. The first-order valence-electron chi connectivity index (χ1n) is 4.82. The summed E-state index contributed by atoms with van der Waals surface area (Å²) in [6.45, 7) is 0. The molecule has 0 spiro atoms. The average molecular weight is 271 g/mol. The van der Waals surface area contributed by atoms with Gasteiger partial charge in [0.2, 0.25) is 5.95 Å². The molecule has 0 saturated heterocycles. The maximum Gasteiger partial charge on any atom is 0.264 e. The van der Waals surface area contributed by atoms with Crippen LogP contribution in [0.25, 0.3) is 0 Å². The fourth-order valence-electron chi connectivity index (χ4n) is 1.24. The molecule has 9 heteroatoms. The molecule has 96 valence electrons. The van der Waals surface area contributed by atoms with Gasteiger partial charge in [-0.3, -0.25) is 0 Å². The minimum Gasteiger partial charge on any atom is -0.396 e. The van der Waals surface area contributed by atoms with Gasteiger partial charge in [0.25, 0.3) is 10.0 Å². The Kier molecular flexibility index (Phi) is 2.91. The van der Waals surface area contributed by atoms with Crippen LogP contribution in [0.4, 0.5) is 16.0 Å². The zero-order chi connectivity index (χ0) is 13.3. The predicted molar refractivity (Wildman–Crippen MR) is 62.6 cm³/mol. The minimum absolute atomic E-state index is 0.0345. The van der Waals surface area contributed by atoms with Crippen molar-refractivity contribution in [3.63, 3.8) is 0 Å². The Morgan fingerprint density at radius 3 is 2.72 bits per heavy atom. The van der Waals surface area contributed by atoms with Crippen LogP contribution in [0.15, 0.2) is 29.4 Å². The standard InChI is InChI=1S/C9H10FN5O2S/c1-15-9(12-5-13-15)14-18(16,17)6-2-3-8(11)7(10)4-6/h2-5H,11H2,1H3,(H,12,13,14). The second-order valence-electron chi connectivity index (χ2n) is 3.50. The highest BCUT2D eigenvalue weighted by Gasteiger charge is 2.18. The van der Waals surface area contributed by atoms with Crippen molar-refractivity contribution in [1.82, 2.24) is 14.8 Å². The summed E-state index contributed by atoms with van der Waals surface area (Å²) in [5.41, 5.74) is 5.16. The van der Waals surface area contributed by atoms with E-state index in [1.165, 1.54) is 30.2 Å². The Morgan fingerprint density at radius 2 is 2.17 bits per heavy atom. The predicted octanol–water partition coefficient (Wildman–Crippen LogP) is 0.337. The number of aromatic nitrogens is 3. The van der Waals surface area contributed by atoms with Crippen molar-refractivity contribution in [3.05, 3.63) is 30.3 Å². The molecule has 1 aromatic heterocycles. The Morgan fingerprint density at radius 1 is 1.44 bits per heavy atom. The molecule has 1 heterocycles. The normalized spacial score (nSPS) is 11.4. The van der Waals surface area contributed by atoms with E-state index in [4.69, 9.17) is 5.73 Å². The molecule has 0 bridgehead atoms. The van der Waals surface area contributed by atoms with E-state index in [2.05, 4.69) is 14.8 Å². The number of aryl methyl sites for hydroxylation is 1. The lowest BCUT2D eigenvalue weighted by atomic mass is 10.3. The summed E-state index contributed by atoms with van der Waals surface area (Å²) in [4.78, 5) is 3.47. The third-order valence-corrected chi connectivity index (χ3v) is 3.55. The molecule has 0 saturated carbocycles. The number of halogens is 1. The fourth-order valence-corrected chi connectivity index (χ4v) is 2.29. The van der Waals surface area contributed by atoms with Crippen LogP contribution in [-0.4, -0.2) is 23.2 Å². The van der Waals surface area contributed by atoms with Gasteiger partial charge in [0.05, 0.1) is 10.6 Å². The van der Waals surface area contributed by atoms with Crippen LogP contribution in [0, 0.1) is 5.82 Å². The first-order chi connectivity index (χ1) is 8.40. The third-order valence-electron chi connectivity index (χ3n) is 2.22. The Hall–Kier alpha value is -2.16. The highest BCUT2D eigenvalue weighted by molar-refractivity contribution is 7.92. The van der Waals surface area contributed by atoms with Gasteiger partial charge in [-0.1, -0.05) is 0 Å². The number of benzene rings is 1. The third kappa shape index (κ3) is 2.25. The minimum atomic E-state index is -3.91. The zero-order valence-corrected chi connectivity index (χ0v) is 10.1. The van der Waals surface area contributed by atoms with Crippen molar-refractivity contribution in [3.8, 4) is 0 Å².